The van der Waals surface area contributed by atoms with Crippen LogP contribution >= 0.6 is 0 Å². The fourth-order valence-electron chi connectivity index (χ4n) is 6.70. The van der Waals surface area contributed by atoms with E-state index in [0.29, 0.717) is 30.5 Å². The number of primary amides is 1. The highest BCUT2D eigenvalue weighted by Gasteiger charge is 2.39. The van der Waals surface area contributed by atoms with Crippen LogP contribution in [-0.4, -0.2) is 130 Å². The Bertz CT molecular complexity index is 1800. The van der Waals surface area contributed by atoms with E-state index in [1.165, 1.54) is 29.6 Å². The quantitative estimate of drug-likeness (QED) is 0.0312. The van der Waals surface area contributed by atoms with Crippen molar-refractivity contribution in [2.24, 2.45) is 34.0 Å². The van der Waals surface area contributed by atoms with E-state index in [-0.39, 0.29) is 50.6 Å². The first-order chi connectivity index (χ1) is 28.4. The molecule has 1 aromatic carbocycles. The Kier molecular flexibility index (Phi) is 18.7. The van der Waals surface area contributed by atoms with Gasteiger partial charge in [0, 0.05) is 37.8 Å². The van der Waals surface area contributed by atoms with E-state index in [2.05, 4.69) is 46.9 Å². The van der Waals surface area contributed by atoms with Gasteiger partial charge in [-0.1, -0.05) is 39.8 Å². The molecule has 0 bridgehead atoms. The number of guanidine groups is 1. The predicted octanol–water partition coefficient (Wildman–Crippen LogP) is -2.61. The number of likely N-dealkylation sites (tertiary alicyclic amines) is 1. The second-order valence-electron chi connectivity index (χ2n) is 15.4. The number of aromatic amines is 1. The van der Waals surface area contributed by atoms with Gasteiger partial charge in [-0.25, -0.2) is 4.98 Å². The molecule has 0 saturated carbocycles. The van der Waals surface area contributed by atoms with Gasteiger partial charge >= 0.3 is 0 Å². The average molecular weight is 840 g/mol. The Morgan fingerprint density at radius 1 is 0.833 bits per heavy atom. The van der Waals surface area contributed by atoms with Crippen molar-refractivity contribution in [2.75, 3.05) is 26.7 Å². The van der Waals surface area contributed by atoms with Gasteiger partial charge in [0.05, 0.1) is 12.9 Å². The Morgan fingerprint density at radius 3 is 1.97 bits per heavy atom. The number of phenolic OH excluding ortho intramolecular Hbond substituents is 1. The largest absolute Gasteiger partial charge is 0.508 e. The van der Waals surface area contributed by atoms with Crippen LogP contribution in [0.4, 0.5) is 0 Å². The third-order valence-corrected chi connectivity index (χ3v) is 9.90. The van der Waals surface area contributed by atoms with Gasteiger partial charge in [-0.2, -0.15) is 0 Å². The van der Waals surface area contributed by atoms with Gasteiger partial charge in [-0.3, -0.25) is 38.6 Å². The minimum absolute atomic E-state index is 0.00343. The number of hydrogen-bond acceptors (Lipinski definition) is 11. The van der Waals surface area contributed by atoms with Crippen molar-refractivity contribution in [2.45, 2.75) is 102 Å². The summed E-state index contributed by atoms with van der Waals surface area (Å²) >= 11 is 0. The van der Waals surface area contributed by atoms with Gasteiger partial charge < -0.3 is 64.1 Å². The van der Waals surface area contributed by atoms with E-state index < -0.39 is 89.4 Å². The molecule has 1 aliphatic heterocycles. The zero-order chi connectivity index (χ0) is 44.5. The number of hydrogen-bond donors (Lipinski definition) is 11. The van der Waals surface area contributed by atoms with E-state index in [1.807, 2.05) is 0 Å². The second-order valence-corrected chi connectivity index (χ2v) is 15.4. The number of phenols is 1. The minimum atomic E-state index is -1.30. The number of imidazole rings is 1. The van der Waals surface area contributed by atoms with Crippen molar-refractivity contribution in [1.82, 2.24) is 46.8 Å². The van der Waals surface area contributed by atoms with Crippen LogP contribution in [0.15, 0.2) is 41.8 Å². The van der Waals surface area contributed by atoms with Crippen molar-refractivity contribution < 1.29 is 38.7 Å². The third kappa shape index (κ3) is 14.8. The molecule has 14 N–H and O–H groups in total. The summed E-state index contributed by atoms with van der Waals surface area (Å²) in [5.74, 6) is -5.61. The average Bonchev–Trinajstić information content (AvgIpc) is 3.90. The van der Waals surface area contributed by atoms with Crippen LogP contribution < -0.4 is 49.1 Å². The lowest BCUT2D eigenvalue weighted by atomic mass is 9.98. The minimum Gasteiger partial charge on any atom is -0.508 e. The first-order valence-corrected chi connectivity index (χ1v) is 20.0. The van der Waals surface area contributed by atoms with Gasteiger partial charge in [0.2, 0.25) is 41.4 Å². The molecule has 0 aliphatic carbocycles. The number of amides is 7. The van der Waals surface area contributed by atoms with E-state index in [1.54, 1.807) is 46.9 Å². The monoisotopic (exact) mass is 839 g/mol. The Labute approximate surface area is 349 Å². The summed E-state index contributed by atoms with van der Waals surface area (Å²) in [5.41, 5.74) is 17.5. The van der Waals surface area contributed by atoms with E-state index in [4.69, 9.17) is 17.2 Å². The zero-order valence-electron chi connectivity index (χ0n) is 34.8. The number of rotatable bonds is 23. The number of H-pyrrole nitrogens is 1. The SMILES string of the molecule is CNCC(=O)N[C@@H](CCCN=C(N)N)C(=O)N[C@H](C(=O)N[C@@H](Cc1ccc(O)cc1)C(=O)N[C@H](C(=O)N[C@@H](Cc1cnc[nH]1)C(=O)N1CCC[C@@H]1C(N)=O)C(C)C)C(C)C. The molecule has 1 aromatic heterocycles. The lowest BCUT2D eigenvalue weighted by Gasteiger charge is -2.31. The molecule has 21 nitrogen and oxygen atoms in total. The Balaban J connectivity index is 1.87. The Hall–Kier alpha value is -6.25. The van der Waals surface area contributed by atoms with Crippen LogP contribution in [0.2, 0.25) is 0 Å². The molecule has 0 spiro atoms. The van der Waals surface area contributed by atoms with Crippen LogP contribution in [0.5, 0.6) is 5.75 Å². The first kappa shape index (κ1) is 48.1. The smallest absolute Gasteiger partial charge is 0.246 e. The summed E-state index contributed by atoms with van der Waals surface area (Å²) in [6, 6.07) is -0.745. The highest BCUT2D eigenvalue weighted by molar-refractivity contribution is 5.97. The molecule has 1 fully saturated rings. The van der Waals surface area contributed by atoms with Crippen molar-refractivity contribution in [1.29, 1.82) is 0 Å². The number of carbonyl (C=O) groups excluding carboxylic acids is 7. The molecule has 1 saturated heterocycles. The highest BCUT2D eigenvalue weighted by atomic mass is 16.3. The molecule has 1 aliphatic rings. The lowest BCUT2D eigenvalue weighted by molar-refractivity contribution is -0.141. The standard InChI is InChI=1S/C39H61N13O8/c1-21(2)31(50-34(56)26(47-30(54)19-43-5)8-6-14-45-39(41)42)36(58)48-27(16-23-10-12-25(53)13-11-23)35(57)51-32(22(3)4)37(59)49-28(17-24-18-44-20-46-24)38(60)52-15-7-9-29(52)33(40)55/h10-13,18,20-22,26-29,31-32,43,53H,6-9,14-17,19H2,1-5H3,(H2,40,55)(H,44,46)(H,47,54)(H,48,58)(H,49,59)(H,50,56)(H,51,57)(H4,41,42,45)/t26-,27-,28-,29+,31-,32-/m0/s1. The maximum Gasteiger partial charge on any atom is 0.246 e. The number of carbonyl (C=O) groups is 7. The van der Waals surface area contributed by atoms with Crippen molar-refractivity contribution in [3.8, 4) is 5.75 Å². The molecule has 21 heteroatoms. The van der Waals surface area contributed by atoms with E-state index in [0.717, 1.165) is 0 Å². The van der Waals surface area contributed by atoms with E-state index in [9.17, 15) is 38.7 Å². The topological polar surface area (TPSA) is 334 Å². The fraction of sp³-hybridized carbons (Fsp3) is 0.564. The van der Waals surface area contributed by atoms with Gasteiger partial charge in [-0.15, -0.1) is 0 Å². The van der Waals surface area contributed by atoms with Crippen LogP contribution in [0, 0.1) is 11.8 Å². The number of nitrogens with one attached hydrogen (secondary N) is 7. The Morgan fingerprint density at radius 2 is 1.43 bits per heavy atom. The maximum absolute atomic E-state index is 14.2. The van der Waals surface area contributed by atoms with Crippen LogP contribution in [0.25, 0.3) is 0 Å². The van der Waals surface area contributed by atoms with Gasteiger partial charge in [0.1, 0.15) is 42.0 Å². The number of aromatic nitrogens is 2. The van der Waals surface area contributed by atoms with Gasteiger partial charge in [0.15, 0.2) is 5.96 Å². The van der Waals surface area contributed by atoms with Crippen molar-refractivity contribution >= 4 is 47.3 Å². The zero-order valence-corrected chi connectivity index (χ0v) is 34.8. The predicted molar refractivity (Wildman–Crippen MR) is 221 cm³/mol. The molecular weight excluding hydrogens is 779 g/mol. The molecule has 7 amide bonds. The normalized spacial score (nSPS) is 16.2. The molecular formula is C39H61N13O8. The van der Waals surface area contributed by atoms with Gasteiger partial charge in [0.25, 0.3) is 0 Å². The summed E-state index contributed by atoms with van der Waals surface area (Å²) in [5, 5.41) is 26.2. The van der Waals surface area contributed by atoms with Crippen LogP contribution in [0.3, 0.4) is 0 Å². The van der Waals surface area contributed by atoms with E-state index >= 15 is 0 Å². The highest BCUT2D eigenvalue weighted by Crippen LogP contribution is 2.20. The maximum atomic E-state index is 14.2. The number of likely N-dealkylation sites (N-methyl/N-ethyl adjacent to an activating group) is 1. The number of benzene rings is 1. The summed E-state index contributed by atoms with van der Waals surface area (Å²) in [6.07, 6.45) is 4.27. The first-order valence-electron chi connectivity index (χ1n) is 20.0. The van der Waals surface area contributed by atoms with Crippen LogP contribution in [0.1, 0.15) is 64.6 Å². The lowest BCUT2D eigenvalue weighted by Crippen LogP contribution is -2.61. The molecule has 2 aromatic rings. The number of aliphatic imine (C=N–C) groups is 1. The molecule has 6 atom stereocenters. The number of aromatic hydroxyl groups is 1. The third-order valence-electron chi connectivity index (χ3n) is 9.90. The number of nitrogens with two attached hydrogens (primary N) is 3. The van der Waals surface area contributed by atoms with Gasteiger partial charge in [-0.05, 0) is 62.3 Å². The summed E-state index contributed by atoms with van der Waals surface area (Å²) in [6.45, 7) is 7.18. The molecule has 2 heterocycles. The summed E-state index contributed by atoms with van der Waals surface area (Å²) < 4.78 is 0. The molecule has 60 heavy (non-hydrogen) atoms. The summed E-state index contributed by atoms with van der Waals surface area (Å²) in [7, 11) is 1.57. The fourth-order valence-corrected chi connectivity index (χ4v) is 6.70. The van der Waals surface area contributed by atoms with Crippen LogP contribution in [-0.2, 0) is 46.4 Å². The number of nitrogens with zero attached hydrogens (tertiary/aromatic N) is 3. The molecule has 0 unspecified atom stereocenters. The van der Waals surface area contributed by atoms with Crippen molar-refractivity contribution in [3.05, 3.63) is 48.0 Å². The van der Waals surface area contributed by atoms with Crippen molar-refractivity contribution in [3.63, 3.8) is 0 Å². The second kappa shape index (κ2) is 23.4. The molecule has 3 rings (SSSR count). The summed E-state index contributed by atoms with van der Waals surface area (Å²) in [4.78, 5) is 107. The molecule has 330 valence electrons. The molecule has 0 radical (unpaired) electrons.